The quantitative estimate of drug-likeness (QED) is 0.783. The highest BCUT2D eigenvalue weighted by Crippen LogP contribution is 2.22. The molecule has 0 fully saturated rings. The third kappa shape index (κ3) is 5.20. The molecule has 106 valence electrons. The van der Waals surface area contributed by atoms with Crippen LogP contribution in [0.3, 0.4) is 0 Å². The van der Waals surface area contributed by atoms with Gasteiger partial charge in [-0.15, -0.1) is 0 Å². The van der Waals surface area contributed by atoms with Gasteiger partial charge in [-0.3, -0.25) is 4.79 Å². The number of carbonyl (C=O) groups is 1. The molecular formula is C14H22BrN2O2+. The summed E-state index contributed by atoms with van der Waals surface area (Å²) in [7, 11) is 1.67. The van der Waals surface area contributed by atoms with Crippen LogP contribution in [0.5, 0.6) is 5.75 Å². The summed E-state index contributed by atoms with van der Waals surface area (Å²) >= 11 is 3.47. The Morgan fingerprint density at radius 3 is 2.74 bits per heavy atom. The number of nitrogens with one attached hydrogen (secondary N) is 2. The van der Waals surface area contributed by atoms with Gasteiger partial charge in [0.1, 0.15) is 12.3 Å². The summed E-state index contributed by atoms with van der Waals surface area (Å²) in [6.45, 7) is 6.85. The zero-order valence-corrected chi connectivity index (χ0v) is 13.3. The van der Waals surface area contributed by atoms with E-state index in [0.29, 0.717) is 13.1 Å². The molecule has 0 aliphatic heterocycles. The standard InChI is InChI=1S/C14H21BrN2O2/c1-4-16-14(18)10-17(5-2)9-11-8-12(15)6-7-13(11)19-3/h6-8H,4-5,9-10H2,1-3H3,(H,16,18)/p+1. The van der Waals surface area contributed by atoms with Gasteiger partial charge in [0, 0.05) is 16.6 Å². The molecule has 1 rings (SSSR count). The Morgan fingerprint density at radius 1 is 1.42 bits per heavy atom. The highest BCUT2D eigenvalue weighted by Gasteiger charge is 2.15. The van der Waals surface area contributed by atoms with Gasteiger partial charge in [-0.2, -0.15) is 0 Å². The molecule has 0 heterocycles. The van der Waals surface area contributed by atoms with Gasteiger partial charge in [-0.05, 0) is 32.0 Å². The molecule has 0 aliphatic carbocycles. The first-order valence-electron chi connectivity index (χ1n) is 6.53. The van der Waals surface area contributed by atoms with Gasteiger partial charge in [-0.1, -0.05) is 15.9 Å². The third-order valence-corrected chi connectivity index (χ3v) is 3.46. The Kier molecular flexibility index (Phi) is 6.87. The lowest BCUT2D eigenvalue weighted by Crippen LogP contribution is -3.11. The van der Waals surface area contributed by atoms with Crippen molar-refractivity contribution in [3.8, 4) is 5.75 Å². The zero-order chi connectivity index (χ0) is 14.3. The zero-order valence-electron chi connectivity index (χ0n) is 11.8. The Morgan fingerprint density at radius 2 is 2.16 bits per heavy atom. The predicted molar refractivity (Wildman–Crippen MR) is 79.5 cm³/mol. The number of amides is 1. The molecule has 1 unspecified atom stereocenters. The molecule has 0 spiro atoms. The van der Waals surface area contributed by atoms with Crippen molar-refractivity contribution in [3.05, 3.63) is 28.2 Å². The Hall–Kier alpha value is -1.07. The number of quaternary nitrogens is 1. The predicted octanol–water partition coefficient (Wildman–Crippen LogP) is 0.999. The molecule has 4 nitrogen and oxygen atoms in total. The molecule has 19 heavy (non-hydrogen) atoms. The van der Waals surface area contributed by atoms with Gasteiger partial charge in [-0.25, -0.2) is 0 Å². The third-order valence-electron chi connectivity index (χ3n) is 2.97. The highest BCUT2D eigenvalue weighted by molar-refractivity contribution is 9.10. The van der Waals surface area contributed by atoms with Gasteiger partial charge in [0.25, 0.3) is 5.91 Å². The number of methoxy groups -OCH3 is 1. The largest absolute Gasteiger partial charge is 0.496 e. The van der Waals surface area contributed by atoms with E-state index in [1.54, 1.807) is 7.11 Å². The van der Waals surface area contributed by atoms with Crippen LogP contribution in [0.15, 0.2) is 22.7 Å². The minimum Gasteiger partial charge on any atom is -0.496 e. The SMILES string of the molecule is CCNC(=O)C[NH+](CC)Cc1cc(Br)ccc1OC. The summed E-state index contributed by atoms with van der Waals surface area (Å²) in [6, 6.07) is 5.95. The average Bonchev–Trinajstić information content (AvgIpc) is 2.38. The van der Waals surface area contributed by atoms with Crippen LogP contribution in [0.25, 0.3) is 0 Å². The monoisotopic (exact) mass is 329 g/mol. The topological polar surface area (TPSA) is 42.8 Å². The molecule has 2 N–H and O–H groups in total. The van der Waals surface area contributed by atoms with E-state index in [4.69, 9.17) is 4.74 Å². The van der Waals surface area contributed by atoms with Gasteiger partial charge >= 0.3 is 0 Å². The minimum absolute atomic E-state index is 0.0910. The second-order valence-electron chi connectivity index (χ2n) is 4.37. The number of carbonyl (C=O) groups excluding carboxylic acids is 1. The molecule has 0 aliphatic rings. The highest BCUT2D eigenvalue weighted by atomic mass is 79.9. The van der Waals surface area contributed by atoms with Crippen molar-refractivity contribution < 1.29 is 14.4 Å². The van der Waals surface area contributed by atoms with Crippen molar-refractivity contribution in [2.75, 3.05) is 26.7 Å². The van der Waals surface area contributed by atoms with E-state index in [1.165, 1.54) is 4.90 Å². The average molecular weight is 330 g/mol. The first-order chi connectivity index (χ1) is 9.10. The summed E-state index contributed by atoms with van der Waals surface area (Å²) in [5, 5.41) is 2.84. The molecule has 1 atom stereocenters. The summed E-state index contributed by atoms with van der Waals surface area (Å²) < 4.78 is 6.39. The maximum Gasteiger partial charge on any atom is 0.275 e. The molecule has 0 aromatic heterocycles. The number of rotatable bonds is 7. The van der Waals surface area contributed by atoms with Crippen LogP contribution in [-0.2, 0) is 11.3 Å². The van der Waals surface area contributed by atoms with Crippen molar-refractivity contribution >= 4 is 21.8 Å². The molecule has 5 heteroatoms. The number of hydrogen-bond acceptors (Lipinski definition) is 2. The minimum atomic E-state index is 0.0910. The summed E-state index contributed by atoms with van der Waals surface area (Å²) in [6.07, 6.45) is 0. The van der Waals surface area contributed by atoms with Crippen LogP contribution in [0.2, 0.25) is 0 Å². The second kappa shape index (κ2) is 8.17. The van der Waals surface area contributed by atoms with Crippen molar-refractivity contribution in [2.45, 2.75) is 20.4 Å². The van der Waals surface area contributed by atoms with Crippen LogP contribution in [-0.4, -0.2) is 32.7 Å². The number of hydrogen-bond donors (Lipinski definition) is 2. The Balaban J connectivity index is 2.74. The van der Waals surface area contributed by atoms with E-state index < -0.39 is 0 Å². The first-order valence-corrected chi connectivity index (χ1v) is 7.32. The molecule has 1 amide bonds. The normalized spacial score (nSPS) is 12.0. The van der Waals surface area contributed by atoms with Crippen LogP contribution in [0, 0.1) is 0 Å². The molecule has 0 radical (unpaired) electrons. The van der Waals surface area contributed by atoms with Gasteiger partial charge < -0.3 is 15.0 Å². The van der Waals surface area contributed by atoms with Gasteiger partial charge in [0.15, 0.2) is 6.54 Å². The number of benzene rings is 1. The molecule has 0 saturated carbocycles. The first kappa shape index (κ1) is 16.0. The summed E-state index contributed by atoms with van der Waals surface area (Å²) in [5.74, 6) is 0.957. The van der Waals surface area contributed by atoms with Crippen LogP contribution < -0.4 is 15.0 Å². The number of ether oxygens (including phenoxy) is 1. The number of halogens is 1. The molecule has 0 saturated heterocycles. The van der Waals surface area contributed by atoms with Gasteiger partial charge in [0.05, 0.1) is 13.7 Å². The molecule has 0 bridgehead atoms. The van der Waals surface area contributed by atoms with E-state index in [0.717, 1.165) is 28.9 Å². The fourth-order valence-corrected chi connectivity index (χ4v) is 2.36. The fraction of sp³-hybridized carbons (Fsp3) is 0.500. The van der Waals surface area contributed by atoms with Crippen molar-refractivity contribution in [3.63, 3.8) is 0 Å². The lowest BCUT2D eigenvalue weighted by atomic mass is 10.2. The van der Waals surface area contributed by atoms with Crippen LogP contribution in [0.1, 0.15) is 19.4 Å². The molecule has 1 aromatic rings. The van der Waals surface area contributed by atoms with E-state index in [1.807, 2.05) is 25.1 Å². The summed E-state index contributed by atoms with van der Waals surface area (Å²) in [4.78, 5) is 12.9. The Labute approximate surface area is 123 Å². The number of likely N-dealkylation sites (N-methyl/N-ethyl adjacent to an activating group) is 2. The van der Waals surface area contributed by atoms with E-state index in [-0.39, 0.29) is 5.91 Å². The fourth-order valence-electron chi connectivity index (χ4n) is 1.95. The van der Waals surface area contributed by atoms with Gasteiger partial charge in [0.2, 0.25) is 0 Å². The maximum absolute atomic E-state index is 11.7. The second-order valence-corrected chi connectivity index (χ2v) is 5.28. The molecular weight excluding hydrogens is 308 g/mol. The van der Waals surface area contributed by atoms with Crippen LogP contribution >= 0.6 is 15.9 Å². The Bertz CT molecular complexity index is 424. The molecule has 1 aromatic carbocycles. The van der Waals surface area contributed by atoms with Crippen LogP contribution in [0.4, 0.5) is 0 Å². The lowest BCUT2D eigenvalue weighted by Gasteiger charge is -2.18. The van der Waals surface area contributed by atoms with Crippen molar-refractivity contribution in [1.29, 1.82) is 0 Å². The van der Waals surface area contributed by atoms with E-state index >= 15 is 0 Å². The maximum atomic E-state index is 11.7. The van der Waals surface area contributed by atoms with E-state index in [2.05, 4.69) is 28.2 Å². The van der Waals surface area contributed by atoms with E-state index in [9.17, 15) is 4.79 Å². The van der Waals surface area contributed by atoms with Crippen molar-refractivity contribution in [2.24, 2.45) is 0 Å². The summed E-state index contributed by atoms with van der Waals surface area (Å²) in [5.41, 5.74) is 1.11. The van der Waals surface area contributed by atoms with Crippen molar-refractivity contribution in [1.82, 2.24) is 5.32 Å². The lowest BCUT2D eigenvalue weighted by molar-refractivity contribution is -0.904. The smallest absolute Gasteiger partial charge is 0.275 e.